The van der Waals surface area contributed by atoms with E-state index in [0.717, 1.165) is 6.29 Å². The number of halogens is 1. The average Bonchev–Trinajstić information content (AvgIpc) is 2.62. The van der Waals surface area contributed by atoms with Crippen LogP contribution in [0.25, 0.3) is 0 Å². The van der Waals surface area contributed by atoms with Crippen molar-refractivity contribution in [1.29, 1.82) is 5.26 Å². The lowest BCUT2D eigenvalue weighted by Crippen LogP contribution is -2.61. The van der Waals surface area contributed by atoms with Crippen molar-refractivity contribution in [2.24, 2.45) is 10.8 Å². The van der Waals surface area contributed by atoms with Crippen molar-refractivity contribution in [1.82, 2.24) is 5.32 Å². The number of aromatic hydroxyl groups is 1. The van der Waals surface area contributed by atoms with Gasteiger partial charge in [-0.05, 0) is 66.8 Å². The summed E-state index contributed by atoms with van der Waals surface area (Å²) in [4.78, 5) is 10.1. The second-order valence-corrected chi connectivity index (χ2v) is 8.84. The van der Waals surface area contributed by atoms with Crippen molar-refractivity contribution in [2.75, 3.05) is 12.8 Å². The molecule has 0 aliphatic heterocycles. The zero-order valence-electron chi connectivity index (χ0n) is 17.7. The maximum absolute atomic E-state index is 10.1. The SMILES string of the molecule is CNC1C(C)(C)CC1(C)C.N#Cc1ccc(O)cc1Cl.Nc1ccc(C=O)cc1. The molecule has 0 bridgehead atoms. The quantitative estimate of drug-likeness (QED) is 0.472. The van der Waals surface area contributed by atoms with Gasteiger partial charge in [0.1, 0.15) is 18.1 Å². The van der Waals surface area contributed by atoms with E-state index in [1.165, 1.54) is 24.6 Å². The molecule has 0 amide bonds. The molecule has 4 N–H and O–H groups in total. The molecule has 1 aliphatic rings. The first-order valence-electron chi connectivity index (χ1n) is 9.33. The van der Waals surface area contributed by atoms with Gasteiger partial charge in [0.2, 0.25) is 0 Å². The minimum atomic E-state index is 0.0731. The van der Waals surface area contributed by atoms with Gasteiger partial charge in [0, 0.05) is 17.3 Å². The molecule has 1 aliphatic carbocycles. The van der Waals surface area contributed by atoms with Crippen LogP contribution >= 0.6 is 11.6 Å². The molecule has 0 heterocycles. The number of nitrogen functional groups attached to an aromatic ring is 1. The molecule has 0 spiro atoms. The van der Waals surface area contributed by atoms with Crippen LogP contribution in [0.15, 0.2) is 42.5 Å². The molecule has 2 aromatic carbocycles. The Hall–Kier alpha value is -2.55. The molecular formula is C23H30ClN3O2. The summed E-state index contributed by atoms with van der Waals surface area (Å²) in [6, 6.07) is 13.6. The van der Waals surface area contributed by atoms with Gasteiger partial charge in [0.15, 0.2) is 0 Å². The van der Waals surface area contributed by atoms with Crippen molar-refractivity contribution < 1.29 is 9.90 Å². The van der Waals surface area contributed by atoms with Gasteiger partial charge in [-0.3, -0.25) is 4.79 Å². The smallest absolute Gasteiger partial charge is 0.150 e. The van der Waals surface area contributed by atoms with E-state index in [2.05, 4.69) is 40.1 Å². The van der Waals surface area contributed by atoms with E-state index in [1.807, 2.05) is 6.07 Å². The number of hydrogen-bond donors (Lipinski definition) is 3. The van der Waals surface area contributed by atoms with Crippen LogP contribution in [0.2, 0.25) is 5.02 Å². The van der Waals surface area contributed by atoms with E-state index in [0.29, 0.717) is 33.7 Å². The molecule has 1 saturated carbocycles. The maximum Gasteiger partial charge on any atom is 0.150 e. The maximum atomic E-state index is 10.1. The molecule has 1 fully saturated rings. The number of anilines is 1. The predicted octanol–water partition coefficient (Wildman–Crippen LogP) is 5.03. The number of nitriles is 1. The fourth-order valence-corrected chi connectivity index (χ4v) is 4.47. The summed E-state index contributed by atoms with van der Waals surface area (Å²) in [5.74, 6) is 0.0731. The summed E-state index contributed by atoms with van der Waals surface area (Å²) < 4.78 is 0. The summed E-state index contributed by atoms with van der Waals surface area (Å²) in [6.07, 6.45) is 2.13. The first-order valence-corrected chi connectivity index (χ1v) is 9.71. The van der Waals surface area contributed by atoms with Gasteiger partial charge in [0.25, 0.3) is 0 Å². The molecule has 3 rings (SSSR count). The van der Waals surface area contributed by atoms with Gasteiger partial charge in [-0.15, -0.1) is 0 Å². The van der Waals surface area contributed by atoms with Crippen LogP contribution in [0.5, 0.6) is 5.75 Å². The Morgan fingerprint density at radius 1 is 1.17 bits per heavy atom. The van der Waals surface area contributed by atoms with Gasteiger partial charge >= 0.3 is 0 Å². The highest BCUT2D eigenvalue weighted by atomic mass is 35.5. The number of carbonyl (C=O) groups is 1. The number of rotatable bonds is 2. The number of nitrogens with two attached hydrogens (primary N) is 1. The molecule has 0 atom stereocenters. The third-order valence-corrected chi connectivity index (χ3v) is 5.22. The Morgan fingerprint density at radius 2 is 1.72 bits per heavy atom. The second kappa shape index (κ2) is 10.3. The van der Waals surface area contributed by atoms with Gasteiger partial charge in [-0.2, -0.15) is 5.26 Å². The van der Waals surface area contributed by atoms with Crippen LogP contribution in [-0.4, -0.2) is 24.5 Å². The highest BCUT2D eigenvalue weighted by Gasteiger charge is 2.51. The number of phenols is 1. The minimum absolute atomic E-state index is 0.0731. The Balaban J connectivity index is 0.000000218. The zero-order chi connectivity index (χ0) is 22.2. The molecule has 0 unspecified atom stereocenters. The fraction of sp³-hybridized carbons (Fsp3) is 0.391. The number of aldehydes is 1. The Kier molecular flexibility index (Phi) is 8.69. The summed E-state index contributed by atoms with van der Waals surface area (Å²) in [5.41, 5.74) is 8.10. The molecule has 2 aromatic rings. The summed E-state index contributed by atoms with van der Waals surface area (Å²) in [7, 11) is 2.06. The number of nitrogens with one attached hydrogen (secondary N) is 1. The third kappa shape index (κ3) is 7.08. The molecule has 156 valence electrons. The Labute approximate surface area is 178 Å². The zero-order valence-corrected chi connectivity index (χ0v) is 18.4. The normalized spacial score (nSPS) is 16.0. The van der Waals surface area contributed by atoms with Crippen molar-refractivity contribution in [2.45, 2.75) is 40.2 Å². The van der Waals surface area contributed by atoms with Gasteiger partial charge < -0.3 is 16.2 Å². The van der Waals surface area contributed by atoms with Crippen LogP contribution in [-0.2, 0) is 0 Å². The van der Waals surface area contributed by atoms with E-state index < -0.39 is 0 Å². The highest BCUT2D eigenvalue weighted by Crippen LogP contribution is 2.53. The Bertz CT molecular complexity index is 841. The van der Waals surface area contributed by atoms with E-state index in [1.54, 1.807) is 24.3 Å². The monoisotopic (exact) mass is 415 g/mol. The molecular weight excluding hydrogens is 386 g/mol. The fourth-order valence-electron chi connectivity index (χ4n) is 4.26. The average molecular weight is 416 g/mol. The van der Waals surface area contributed by atoms with E-state index in [4.69, 9.17) is 27.7 Å². The number of carbonyl (C=O) groups excluding carboxylic acids is 1. The standard InChI is InChI=1S/C9H19N.C7H4ClNO.C7H7NO/c1-8(2)6-9(3,4)7(8)10-5;8-7-3-6(10)2-1-5(7)4-9;8-7-3-1-6(5-9)2-4-7/h7,10H,6H2,1-5H3;1-3,10H;1-5H,8H2. The van der Waals surface area contributed by atoms with Crippen molar-refractivity contribution >= 4 is 23.6 Å². The van der Waals surface area contributed by atoms with Gasteiger partial charge in [-0.25, -0.2) is 0 Å². The van der Waals surface area contributed by atoms with Crippen molar-refractivity contribution in [3.63, 3.8) is 0 Å². The van der Waals surface area contributed by atoms with Crippen LogP contribution < -0.4 is 11.1 Å². The van der Waals surface area contributed by atoms with E-state index in [9.17, 15) is 4.79 Å². The summed E-state index contributed by atoms with van der Waals surface area (Å²) in [6.45, 7) is 9.33. The number of nitrogens with zero attached hydrogens (tertiary/aromatic N) is 1. The third-order valence-electron chi connectivity index (χ3n) is 4.91. The van der Waals surface area contributed by atoms with Crippen molar-refractivity contribution in [3.8, 4) is 11.8 Å². The molecule has 0 saturated heterocycles. The lowest BCUT2D eigenvalue weighted by Gasteiger charge is -2.57. The number of phenolic OH excluding ortho intramolecular Hbond substituents is 1. The second-order valence-electron chi connectivity index (χ2n) is 8.44. The largest absolute Gasteiger partial charge is 0.508 e. The molecule has 29 heavy (non-hydrogen) atoms. The van der Waals surface area contributed by atoms with Crippen LogP contribution in [0, 0.1) is 22.2 Å². The van der Waals surface area contributed by atoms with E-state index in [-0.39, 0.29) is 10.8 Å². The molecule has 0 aromatic heterocycles. The van der Waals surface area contributed by atoms with Gasteiger partial charge in [-0.1, -0.05) is 39.3 Å². The topological polar surface area (TPSA) is 99.1 Å². The van der Waals surface area contributed by atoms with Crippen LogP contribution in [0.1, 0.15) is 50.0 Å². The van der Waals surface area contributed by atoms with E-state index >= 15 is 0 Å². The lowest BCUT2D eigenvalue weighted by molar-refractivity contribution is -0.0364. The first-order chi connectivity index (χ1) is 13.5. The highest BCUT2D eigenvalue weighted by molar-refractivity contribution is 6.31. The van der Waals surface area contributed by atoms with Crippen LogP contribution in [0.3, 0.4) is 0 Å². The minimum Gasteiger partial charge on any atom is -0.508 e. The van der Waals surface area contributed by atoms with Gasteiger partial charge in [0.05, 0.1) is 10.6 Å². The Morgan fingerprint density at radius 3 is 2.07 bits per heavy atom. The summed E-state index contributed by atoms with van der Waals surface area (Å²) >= 11 is 5.55. The summed E-state index contributed by atoms with van der Waals surface area (Å²) in [5, 5.41) is 20.9. The molecule has 0 radical (unpaired) electrons. The lowest BCUT2D eigenvalue weighted by atomic mass is 9.52. The molecule has 5 nitrogen and oxygen atoms in total. The molecule has 6 heteroatoms. The predicted molar refractivity (Wildman–Crippen MR) is 119 cm³/mol. The first kappa shape index (κ1) is 24.5. The van der Waals surface area contributed by atoms with Crippen molar-refractivity contribution in [3.05, 3.63) is 58.6 Å². The number of benzene rings is 2. The van der Waals surface area contributed by atoms with Crippen LogP contribution in [0.4, 0.5) is 5.69 Å². The number of hydrogen-bond acceptors (Lipinski definition) is 5.